The van der Waals surface area contributed by atoms with Crippen LogP contribution in [0.5, 0.6) is 0 Å². The molecule has 1 N–H and O–H groups in total. The maximum atomic E-state index is 4.88. The molecule has 5 heteroatoms. The van der Waals surface area contributed by atoms with Crippen molar-refractivity contribution in [1.29, 1.82) is 0 Å². The smallest absolute Gasteiger partial charge is 0.193 e. The highest BCUT2D eigenvalue weighted by Crippen LogP contribution is 2.26. The Bertz CT molecular complexity index is 716. The van der Waals surface area contributed by atoms with Gasteiger partial charge in [-0.2, -0.15) is 5.10 Å². The van der Waals surface area contributed by atoms with Crippen LogP contribution < -0.4 is 5.32 Å². The molecule has 0 bridgehead atoms. The molecule has 2 heterocycles. The lowest BCUT2D eigenvalue weighted by Gasteiger charge is -2.21. The second kappa shape index (κ2) is 8.88. The van der Waals surface area contributed by atoms with Crippen LogP contribution in [-0.4, -0.2) is 46.8 Å². The third-order valence-electron chi connectivity index (χ3n) is 5.11. The van der Waals surface area contributed by atoms with Gasteiger partial charge >= 0.3 is 0 Å². The molecule has 3 rings (SSSR count). The van der Waals surface area contributed by atoms with Crippen molar-refractivity contribution >= 4 is 5.96 Å². The van der Waals surface area contributed by atoms with Crippen molar-refractivity contribution in [2.24, 2.45) is 12.0 Å². The SMILES string of the molecule is CCNC(=NCCc1ccc(CC)cc1)N1CCC(c2cnn(C)c2)C1. The van der Waals surface area contributed by atoms with Crippen LogP contribution >= 0.6 is 0 Å². The van der Waals surface area contributed by atoms with Gasteiger partial charge in [0, 0.05) is 45.3 Å². The Morgan fingerprint density at radius 2 is 2.00 bits per heavy atom. The minimum Gasteiger partial charge on any atom is -0.357 e. The number of nitrogens with one attached hydrogen (secondary N) is 1. The molecule has 0 aliphatic carbocycles. The van der Waals surface area contributed by atoms with Gasteiger partial charge in [-0.25, -0.2) is 0 Å². The van der Waals surface area contributed by atoms with Gasteiger partial charge in [-0.05, 0) is 42.9 Å². The summed E-state index contributed by atoms with van der Waals surface area (Å²) in [7, 11) is 1.98. The first-order valence-corrected chi connectivity index (χ1v) is 9.79. The standard InChI is InChI=1S/C21H31N5/c1-4-17-6-8-18(9-7-17)10-12-23-21(22-5-2)26-13-11-19(16-26)20-14-24-25(3)15-20/h6-9,14-15,19H,4-5,10-13,16H2,1-3H3,(H,22,23). The average molecular weight is 354 g/mol. The van der Waals surface area contributed by atoms with E-state index in [9.17, 15) is 0 Å². The van der Waals surface area contributed by atoms with E-state index in [0.29, 0.717) is 5.92 Å². The lowest BCUT2D eigenvalue weighted by Crippen LogP contribution is -2.40. The van der Waals surface area contributed by atoms with E-state index in [1.807, 2.05) is 17.9 Å². The van der Waals surface area contributed by atoms with E-state index in [4.69, 9.17) is 4.99 Å². The van der Waals surface area contributed by atoms with Crippen LogP contribution in [0.15, 0.2) is 41.7 Å². The van der Waals surface area contributed by atoms with Gasteiger partial charge < -0.3 is 10.2 Å². The van der Waals surface area contributed by atoms with Crippen LogP contribution in [0.2, 0.25) is 0 Å². The third kappa shape index (κ3) is 4.65. The molecule has 1 atom stereocenters. The highest BCUT2D eigenvalue weighted by atomic mass is 15.3. The van der Waals surface area contributed by atoms with Crippen LogP contribution in [0, 0.1) is 0 Å². The second-order valence-electron chi connectivity index (χ2n) is 7.03. The van der Waals surface area contributed by atoms with E-state index < -0.39 is 0 Å². The van der Waals surface area contributed by atoms with Crippen molar-refractivity contribution in [2.75, 3.05) is 26.2 Å². The van der Waals surface area contributed by atoms with Gasteiger partial charge in [0.05, 0.1) is 6.20 Å². The van der Waals surface area contributed by atoms with E-state index >= 15 is 0 Å². The number of benzene rings is 1. The van der Waals surface area contributed by atoms with E-state index in [2.05, 4.69) is 59.6 Å². The number of hydrogen-bond acceptors (Lipinski definition) is 2. The van der Waals surface area contributed by atoms with Crippen molar-refractivity contribution in [3.63, 3.8) is 0 Å². The summed E-state index contributed by atoms with van der Waals surface area (Å²) in [5, 5.41) is 7.78. The van der Waals surface area contributed by atoms with E-state index in [1.165, 1.54) is 16.7 Å². The fourth-order valence-electron chi connectivity index (χ4n) is 3.53. The summed E-state index contributed by atoms with van der Waals surface area (Å²) in [5.74, 6) is 1.60. The number of hydrogen-bond donors (Lipinski definition) is 1. The zero-order chi connectivity index (χ0) is 18.4. The first kappa shape index (κ1) is 18.5. The van der Waals surface area contributed by atoms with Crippen LogP contribution in [0.25, 0.3) is 0 Å². The average Bonchev–Trinajstić information content (AvgIpc) is 3.30. The zero-order valence-corrected chi connectivity index (χ0v) is 16.3. The first-order valence-electron chi connectivity index (χ1n) is 9.79. The normalized spacial score (nSPS) is 17.7. The summed E-state index contributed by atoms with van der Waals surface area (Å²) in [5.41, 5.74) is 4.09. The Morgan fingerprint density at radius 1 is 1.23 bits per heavy atom. The number of guanidine groups is 1. The largest absolute Gasteiger partial charge is 0.357 e. The Labute approximate surface area is 157 Å². The number of aryl methyl sites for hydroxylation is 2. The highest BCUT2D eigenvalue weighted by molar-refractivity contribution is 5.80. The molecule has 1 aromatic heterocycles. The number of rotatable bonds is 6. The molecular weight excluding hydrogens is 322 g/mol. The van der Waals surface area contributed by atoms with Crippen molar-refractivity contribution in [1.82, 2.24) is 20.0 Å². The minimum absolute atomic E-state index is 0.550. The molecule has 0 saturated carbocycles. The molecule has 0 radical (unpaired) electrons. The van der Waals surface area contributed by atoms with Crippen LogP contribution in [0.4, 0.5) is 0 Å². The lowest BCUT2D eigenvalue weighted by molar-refractivity contribution is 0.486. The fourth-order valence-corrected chi connectivity index (χ4v) is 3.53. The molecule has 26 heavy (non-hydrogen) atoms. The molecule has 1 aromatic carbocycles. The lowest BCUT2D eigenvalue weighted by atomic mass is 10.0. The molecular formula is C21H31N5. The summed E-state index contributed by atoms with van der Waals surface area (Å²) < 4.78 is 1.89. The zero-order valence-electron chi connectivity index (χ0n) is 16.3. The van der Waals surface area contributed by atoms with Crippen LogP contribution in [0.3, 0.4) is 0 Å². The summed E-state index contributed by atoms with van der Waals surface area (Å²) >= 11 is 0. The molecule has 1 aliphatic rings. The van der Waals surface area contributed by atoms with Gasteiger partial charge in [-0.15, -0.1) is 0 Å². The van der Waals surface area contributed by atoms with Gasteiger partial charge in [-0.1, -0.05) is 31.2 Å². The maximum absolute atomic E-state index is 4.88. The van der Waals surface area contributed by atoms with E-state index in [-0.39, 0.29) is 0 Å². The first-order chi connectivity index (χ1) is 12.7. The van der Waals surface area contributed by atoms with Crippen molar-refractivity contribution in [2.45, 2.75) is 39.0 Å². The number of aromatic nitrogens is 2. The Balaban J connectivity index is 1.58. The predicted octanol–water partition coefficient (Wildman–Crippen LogP) is 2.98. The fraction of sp³-hybridized carbons (Fsp3) is 0.524. The molecule has 0 spiro atoms. The van der Waals surface area contributed by atoms with E-state index in [0.717, 1.165) is 51.4 Å². The van der Waals surface area contributed by atoms with Crippen molar-refractivity contribution in [3.05, 3.63) is 53.3 Å². The molecule has 1 saturated heterocycles. The van der Waals surface area contributed by atoms with Crippen molar-refractivity contribution < 1.29 is 0 Å². The molecule has 5 nitrogen and oxygen atoms in total. The molecule has 1 aliphatic heterocycles. The summed E-state index contributed by atoms with van der Waals surface area (Å²) in [6, 6.07) is 8.91. The van der Waals surface area contributed by atoms with Gasteiger partial charge in [0.2, 0.25) is 0 Å². The van der Waals surface area contributed by atoms with Crippen LogP contribution in [0.1, 0.15) is 42.9 Å². The van der Waals surface area contributed by atoms with Gasteiger partial charge in [-0.3, -0.25) is 9.67 Å². The Morgan fingerprint density at radius 3 is 2.65 bits per heavy atom. The molecule has 1 unspecified atom stereocenters. The topological polar surface area (TPSA) is 45.5 Å². The monoisotopic (exact) mass is 353 g/mol. The maximum Gasteiger partial charge on any atom is 0.193 e. The van der Waals surface area contributed by atoms with Crippen molar-refractivity contribution in [3.8, 4) is 0 Å². The number of nitrogens with zero attached hydrogens (tertiary/aromatic N) is 4. The Kier molecular flexibility index (Phi) is 6.31. The number of aliphatic imine (C=N–C) groups is 1. The highest BCUT2D eigenvalue weighted by Gasteiger charge is 2.26. The quantitative estimate of drug-likeness (QED) is 0.641. The molecule has 1 fully saturated rings. The minimum atomic E-state index is 0.550. The van der Waals surface area contributed by atoms with Crippen LogP contribution in [-0.2, 0) is 19.9 Å². The molecule has 0 amide bonds. The molecule has 140 valence electrons. The Hall–Kier alpha value is -2.30. The van der Waals surface area contributed by atoms with Gasteiger partial charge in [0.15, 0.2) is 5.96 Å². The summed E-state index contributed by atoms with van der Waals surface area (Å²) in [4.78, 5) is 7.27. The predicted molar refractivity (Wildman–Crippen MR) is 108 cm³/mol. The third-order valence-corrected chi connectivity index (χ3v) is 5.11. The van der Waals surface area contributed by atoms with Gasteiger partial charge in [0.25, 0.3) is 0 Å². The second-order valence-corrected chi connectivity index (χ2v) is 7.03. The van der Waals surface area contributed by atoms with E-state index in [1.54, 1.807) is 0 Å². The number of likely N-dealkylation sites (tertiary alicyclic amines) is 1. The van der Waals surface area contributed by atoms with Gasteiger partial charge in [0.1, 0.15) is 0 Å². The summed E-state index contributed by atoms with van der Waals surface area (Å²) in [6.07, 6.45) is 7.37. The summed E-state index contributed by atoms with van der Waals surface area (Å²) in [6.45, 7) is 8.11. The molecule has 2 aromatic rings.